The Labute approximate surface area is 200 Å². The summed E-state index contributed by atoms with van der Waals surface area (Å²) in [6, 6.07) is 6.15. The molecule has 0 saturated carbocycles. The fourth-order valence-corrected chi connectivity index (χ4v) is 5.93. The van der Waals surface area contributed by atoms with Crippen LogP contribution in [-0.2, 0) is 19.1 Å². The maximum absolute atomic E-state index is 13.6. The molecule has 9 heteroatoms. The molecule has 3 aliphatic rings. The number of β-amino-alcohol motifs (C(OH)–C–C–N with tert-alkyl or cyclic N) is 1. The number of benzene rings is 1. The summed E-state index contributed by atoms with van der Waals surface area (Å²) in [6.45, 7) is 9.63. The standard InChI is InChI=1S/C25H35N3O6/c1-6-33-16-9-7-15(8-10-16)26-20(30)17-18-22(32)28(13-14-29)19(21(31)27-23(2,3)4)25(18)12-11-24(17,5)34-25/h7-10,17-19,29H,6,11-14H2,1-5H3,(H,26,30)(H,27,31)/t17-,18-,19?,24+,25?/m0/s1. The van der Waals surface area contributed by atoms with Crippen LogP contribution in [0, 0.1) is 11.8 Å². The van der Waals surface area contributed by atoms with Gasteiger partial charge in [-0.2, -0.15) is 0 Å². The summed E-state index contributed by atoms with van der Waals surface area (Å²) >= 11 is 0. The first-order valence-electron chi connectivity index (χ1n) is 11.9. The highest BCUT2D eigenvalue weighted by Crippen LogP contribution is 2.63. The Hall–Kier alpha value is -2.65. The minimum Gasteiger partial charge on any atom is -0.494 e. The molecule has 3 amide bonds. The number of aliphatic hydroxyl groups excluding tert-OH is 1. The lowest BCUT2D eigenvalue weighted by atomic mass is 9.66. The average molecular weight is 474 g/mol. The molecule has 1 spiro atoms. The first-order valence-corrected chi connectivity index (χ1v) is 11.9. The topological polar surface area (TPSA) is 117 Å². The molecule has 2 unspecified atom stereocenters. The van der Waals surface area contributed by atoms with E-state index in [2.05, 4.69) is 10.6 Å². The van der Waals surface area contributed by atoms with Crippen LogP contribution < -0.4 is 15.4 Å². The number of aliphatic hydroxyl groups is 1. The van der Waals surface area contributed by atoms with E-state index in [1.165, 1.54) is 4.90 Å². The van der Waals surface area contributed by atoms with Gasteiger partial charge < -0.3 is 30.1 Å². The van der Waals surface area contributed by atoms with E-state index in [4.69, 9.17) is 9.47 Å². The van der Waals surface area contributed by atoms with Gasteiger partial charge in [0.2, 0.25) is 17.7 Å². The van der Waals surface area contributed by atoms with Gasteiger partial charge in [-0.1, -0.05) is 0 Å². The Morgan fingerprint density at radius 3 is 2.47 bits per heavy atom. The normalized spacial score (nSPS) is 32.0. The van der Waals surface area contributed by atoms with E-state index in [0.29, 0.717) is 30.9 Å². The van der Waals surface area contributed by atoms with Gasteiger partial charge in [0.15, 0.2) is 0 Å². The van der Waals surface area contributed by atoms with Crippen LogP contribution in [0.5, 0.6) is 5.75 Å². The number of fused-ring (bicyclic) bond motifs is 1. The van der Waals surface area contributed by atoms with Gasteiger partial charge in [-0.3, -0.25) is 14.4 Å². The number of nitrogens with one attached hydrogen (secondary N) is 2. The second-order valence-corrected chi connectivity index (χ2v) is 10.7. The molecule has 0 radical (unpaired) electrons. The lowest BCUT2D eigenvalue weighted by molar-refractivity contribution is -0.146. The van der Waals surface area contributed by atoms with E-state index in [1.54, 1.807) is 24.3 Å². The number of carbonyl (C=O) groups excluding carboxylic acids is 3. The number of hydrogen-bond acceptors (Lipinski definition) is 6. The van der Waals surface area contributed by atoms with Crippen LogP contribution in [0.1, 0.15) is 47.5 Å². The molecule has 3 saturated heterocycles. The Bertz CT molecular complexity index is 974. The predicted octanol–water partition coefficient (Wildman–Crippen LogP) is 1.70. The molecule has 1 aromatic carbocycles. The van der Waals surface area contributed by atoms with Gasteiger partial charge in [0.25, 0.3) is 0 Å². The second-order valence-electron chi connectivity index (χ2n) is 10.7. The van der Waals surface area contributed by atoms with E-state index in [1.807, 2.05) is 34.6 Å². The number of carbonyl (C=O) groups is 3. The fourth-order valence-electron chi connectivity index (χ4n) is 5.93. The van der Waals surface area contributed by atoms with Crippen molar-refractivity contribution in [2.24, 2.45) is 11.8 Å². The van der Waals surface area contributed by atoms with Gasteiger partial charge in [-0.05, 0) is 71.7 Å². The van der Waals surface area contributed by atoms with E-state index in [9.17, 15) is 19.5 Å². The molecule has 0 aliphatic carbocycles. The van der Waals surface area contributed by atoms with Crippen molar-refractivity contribution >= 4 is 23.4 Å². The molecule has 9 nitrogen and oxygen atoms in total. The Morgan fingerprint density at radius 1 is 1.21 bits per heavy atom. The molecular weight excluding hydrogens is 438 g/mol. The van der Waals surface area contributed by atoms with Crippen LogP contribution in [-0.4, -0.2) is 70.3 Å². The Morgan fingerprint density at radius 2 is 1.88 bits per heavy atom. The zero-order chi connectivity index (χ0) is 24.9. The van der Waals surface area contributed by atoms with Crippen molar-refractivity contribution in [3.05, 3.63) is 24.3 Å². The van der Waals surface area contributed by atoms with E-state index >= 15 is 0 Å². The van der Waals surface area contributed by atoms with Crippen LogP contribution >= 0.6 is 0 Å². The average Bonchev–Trinajstić information content (AvgIpc) is 3.30. The third kappa shape index (κ3) is 3.94. The summed E-state index contributed by atoms with van der Waals surface area (Å²) in [6.07, 6.45) is 1.06. The SMILES string of the molecule is CCOc1ccc(NC(=O)[C@@H]2[C@H]3C(=O)N(CCO)C(C(=O)NC(C)(C)C)C34CC[C@@]2(C)O4)cc1. The Balaban J connectivity index is 1.65. The number of anilines is 1. The maximum atomic E-state index is 13.6. The van der Waals surface area contributed by atoms with Crippen LogP contribution in [0.15, 0.2) is 24.3 Å². The van der Waals surface area contributed by atoms with Gasteiger partial charge in [-0.25, -0.2) is 0 Å². The van der Waals surface area contributed by atoms with Crippen molar-refractivity contribution < 1.29 is 29.0 Å². The van der Waals surface area contributed by atoms with Crippen LogP contribution in [0.25, 0.3) is 0 Å². The third-order valence-electron chi connectivity index (χ3n) is 7.08. The van der Waals surface area contributed by atoms with Crippen LogP contribution in [0.4, 0.5) is 5.69 Å². The van der Waals surface area contributed by atoms with Crippen LogP contribution in [0.2, 0.25) is 0 Å². The Kier molecular flexibility index (Phi) is 6.14. The minimum absolute atomic E-state index is 0.00656. The van der Waals surface area contributed by atoms with Gasteiger partial charge >= 0.3 is 0 Å². The van der Waals surface area contributed by atoms with Gasteiger partial charge in [0.1, 0.15) is 17.4 Å². The zero-order valence-corrected chi connectivity index (χ0v) is 20.5. The molecule has 4 rings (SSSR count). The molecule has 186 valence electrons. The molecule has 3 aliphatic heterocycles. The molecule has 3 N–H and O–H groups in total. The summed E-state index contributed by atoms with van der Waals surface area (Å²) in [5.41, 5.74) is -1.88. The first kappa shape index (κ1) is 24.5. The molecule has 0 aromatic heterocycles. The molecular formula is C25H35N3O6. The molecule has 3 fully saturated rings. The lowest BCUT2D eigenvalue weighted by Gasteiger charge is -2.35. The number of hydrogen-bond donors (Lipinski definition) is 3. The number of amides is 3. The number of ether oxygens (including phenoxy) is 2. The highest BCUT2D eigenvalue weighted by atomic mass is 16.5. The quantitative estimate of drug-likeness (QED) is 0.555. The summed E-state index contributed by atoms with van der Waals surface area (Å²) in [4.78, 5) is 42.0. The summed E-state index contributed by atoms with van der Waals surface area (Å²) in [5, 5.41) is 15.5. The second kappa shape index (κ2) is 8.53. The summed E-state index contributed by atoms with van der Waals surface area (Å²) in [5.74, 6) is -1.81. The largest absolute Gasteiger partial charge is 0.494 e. The molecule has 2 bridgehead atoms. The minimum atomic E-state index is -1.10. The molecule has 5 atom stereocenters. The zero-order valence-electron chi connectivity index (χ0n) is 20.5. The van der Waals surface area contributed by atoms with Gasteiger partial charge in [0, 0.05) is 17.8 Å². The van der Waals surface area contributed by atoms with Crippen molar-refractivity contribution in [1.29, 1.82) is 0 Å². The highest BCUT2D eigenvalue weighted by molar-refractivity contribution is 6.02. The van der Waals surface area contributed by atoms with E-state index in [-0.39, 0.29) is 30.9 Å². The fraction of sp³-hybridized carbons (Fsp3) is 0.640. The van der Waals surface area contributed by atoms with Crippen molar-refractivity contribution in [3.8, 4) is 5.75 Å². The predicted molar refractivity (Wildman–Crippen MR) is 125 cm³/mol. The van der Waals surface area contributed by atoms with Crippen molar-refractivity contribution in [2.45, 2.75) is 70.2 Å². The van der Waals surface area contributed by atoms with E-state index < -0.39 is 34.6 Å². The smallest absolute Gasteiger partial charge is 0.246 e. The summed E-state index contributed by atoms with van der Waals surface area (Å²) < 4.78 is 12.0. The molecule has 3 heterocycles. The lowest BCUT2D eigenvalue weighted by Crippen LogP contribution is -2.58. The maximum Gasteiger partial charge on any atom is 0.246 e. The van der Waals surface area contributed by atoms with Gasteiger partial charge in [-0.15, -0.1) is 0 Å². The monoisotopic (exact) mass is 473 g/mol. The van der Waals surface area contributed by atoms with Crippen LogP contribution in [0.3, 0.4) is 0 Å². The summed E-state index contributed by atoms with van der Waals surface area (Å²) in [7, 11) is 0. The first-order chi connectivity index (χ1) is 16.0. The third-order valence-corrected chi connectivity index (χ3v) is 7.08. The highest BCUT2D eigenvalue weighted by Gasteiger charge is 2.77. The van der Waals surface area contributed by atoms with Gasteiger partial charge in [0.05, 0.1) is 30.7 Å². The molecule has 1 aromatic rings. The van der Waals surface area contributed by atoms with Crippen molar-refractivity contribution in [2.75, 3.05) is 25.1 Å². The van der Waals surface area contributed by atoms with E-state index in [0.717, 1.165) is 0 Å². The van der Waals surface area contributed by atoms with Crippen molar-refractivity contribution in [3.63, 3.8) is 0 Å². The number of likely N-dealkylation sites (tertiary alicyclic amines) is 1. The molecule has 34 heavy (non-hydrogen) atoms. The van der Waals surface area contributed by atoms with Crippen molar-refractivity contribution in [1.82, 2.24) is 10.2 Å². The number of rotatable bonds is 7. The number of nitrogens with zero attached hydrogens (tertiary/aromatic N) is 1.